The van der Waals surface area contributed by atoms with Gasteiger partial charge in [-0.2, -0.15) is 0 Å². The molecule has 2 heterocycles. The van der Waals surface area contributed by atoms with Crippen LogP contribution in [0, 0.1) is 0 Å². The molecule has 2 aromatic heterocycles. The summed E-state index contributed by atoms with van der Waals surface area (Å²) in [5.41, 5.74) is 1.52. The van der Waals surface area contributed by atoms with Crippen LogP contribution < -0.4 is 0 Å². The van der Waals surface area contributed by atoms with Crippen LogP contribution in [-0.2, 0) is 24.3 Å². The molecule has 0 spiro atoms. The zero-order chi connectivity index (χ0) is 12.1. The lowest BCUT2D eigenvalue weighted by atomic mass is 10.3. The van der Waals surface area contributed by atoms with Crippen molar-refractivity contribution in [3.8, 4) is 0 Å². The maximum atomic E-state index is 8.76. The largest absolute Gasteiger partial charge is 0.396 e. The Balaban J connectivity index is 1.98. The summed E-state index contributed by atoms with van der Waals surface area (Å²) in [6.07, 6.45) is 2.29. The molecule has 0 saturated carbocycles. The first kappa shape index (κ1) is 11.7. The van der Waals surface area contributed by atoms with Crippen LogP contribution in [0.1, 0.15) is 17.1 Å². The number of aromatic nitrogens is 4. The number of methoxy groups -OCH3 is 1. The number of aliphatic hydroxyl groups excluding tert-OH is 1. The molecule has 0 aliphatic heterocycles. The molecule has 0 aliphatic carbocycles. The number of nitrogens with zero attached hydrogens (tertiary/aromatic N) is 4. The summed E-state index contributed by atoms with van der Waals surface area (Å²) < 4.78 is 11.6. The van der Waals surface area contributed by atoms with E-state index in [1.54, 1.807) is 18.0 Å². The maximum Gasteiger partial charge on any atom is 0.162 e. The van der Waals surface area contributed by atoms with Gasteiger partial charge in [0.05, 0.1) is 12.2 Å². The molecule has 92 valence electrons. The number of hydrogen-bond acceptors (Lipinski definition) is 6. The second kappa shape index (κ2) is 5.55. The Morgan fingerprint density at radius 2 is 2.35 bits per heavy atom. The van der Waals surface area contributed by atoms with Crippen LogP contribution in [0.2, 0.25) is 0 Å². The van der Waals surface area contributed by atoms with E-state index in [-0.39, 0.29) is 6.61 Å². The highest BCUT2D eigenvalue weighted by Crippen LogP contribution is 2.06. The summed E-state index contributed by atoms with van der Waals surface area (Å²) in [5.74, 6) is 0.679. The summed E-state index contributed by atoms with van der Waals surface area (Å²) in [5, 5.41) is 20.5. The first-order valence-electron chi connectivity index (χ1n) is 5.25. The fourth-order valence-electron chi connectivity index (χ4n) is 1.45. The minimum absolute atomic E-state index is 0.0701. The van der Waals surface area contributed by atoms with Crippen molar-refractivity contribution >= 4 is 0 Å². The van der Waals surface area contributed by atoms with Gasteiger partial charge in [0.25, 0.3) is 0 Å². The molecule has 0 fully saturated rings. The molecule has 0 saturated heterocycles. The van der Waals surface area contributed by atoms with Crippen molar-refractivity contribution in [1.29, 1.82) is 0 Å². The standard InChI is InChI=1S/C10H14N4O3/c1-16-7-10-4-9(12-17-10)6-14-5-8(2-3-15)11-13-14/h4-5,15H,2-3,6-7H2,1H3. The number of aliphatic hydroxyl groups is 1. The Labute approximate surface area is 98.0 Å². The summed E-state index contributed by atoms with van der Waals surface area (Å²) in [7, 11) is 1.60. The van der Waals surface area contributed by atoms with Gasteiger partial charge in [-0.1, -0.05) is 10.4 Å². The van der Waals surface area contributed by atoms with Crippen molar-refractivity contribution < 1.29 is 14.4 Å². The molecule has 7 nitrogen and oxygen atoms in total. The highest BCUT2D eigenvalue weighted by molar-refractivity contribution is 5.05. The van der Waals surface area contributed by atoms with Gasteiger partial charge in [-0.05, 0) is 0 Å². The van der Waals surface area contributed by atoms with Gasteiger partial charge in [-0.15, -0.1) is 5.10 Å². The number of rotatable bonds is 6. The maximum absolute atomic E-state index is 8.76. The van der Waals surface area contributed by atoms with Crippen LogP contribution in [0.3, 0.4) is 0 Å². The van der Waals surface area contributed by atoms with E-state index >= 15 is 0 Å². The molecule has 0 bridgehead atoms. The van der Waals surface area contributed by atoms with E-state index in [9.17, 15) is 0 Å². The Morgan fingerprint density at radius 3 is 3.12 bits per heavy atom. The van der Waals surface area contributed by atoms with Gasteiger partial charge in [0.1, 0.15) is 12.3 Å². The first-order valence-corrected chi connectivity index (χ1v) is 5.25. The second-order valence-electron chi connectivity index (χ2n) is 3.60. The zero-order valence-corrected chi connectivity index (χ0v) is 9.54. The molecule has 7 heteroatoms. The quantitative estimate of drug-likeness (QED) is 0.762. The van der Waals surface area contributed by atoms with Crippen molar-refractivity contribution in [3.63, 3.8) is 0 Å². The summed E-state index contributed by atoms with van der Waals surface area (Å²) in [6, 6.07) is 1.82. The molecule has 1 N–H and O–H groups in total. The third-order valence-electron chi connectivity index (χ3n) is 2.17. The molecular weight excluding hydrogens is 224 g/mol. The van der Waals surface area contributed by atoms with Crippen molar-refractivity contribution in [3.05, 3.63) is 29.4 Å². The minimum Gasteiger partial charge on any atom is -0.396 e. The highest BCUT2D eigenvalue weighted by Gasteiger charge is 2.06. The third-order valence-corrected chi connectivity index (χ3v) is 2.17. The van der Waals surface area contributed by atoms with Gasteiger partial charge in [-0.25, -0.2) is 4.68 Å². The lowest BCUT2D eigenvalue weighted by Crippen LogP contribution is -2.00. The molecular formula is C10H14N4O3. The van der Waals surface area contributed by atoms with Crippen molar-refractivity contribution in [1.82, 2.24) is 20.2 Å². The van der Waals surface area contributed by atoms with E-state index < -0.39 is 0 Å². The Morgan fingerprint density at radius 1 is 1.47 bits per heavy atom. The fourth-order valence-corrected chi connectivity index (χ4v) is 1.45. The minimum atomic E-state index is 0.0701. The van der Waals surface area contributed by atoms with Gasteiger partial charge in [0.15, 0.2) is 5.76 Å². The fraction of sp³-hybridized carbons (Fsp3) is 0.500. The molecule has 0 aromatic carbocycles. The lowest BCUT2D eigenvalue weighted by Gasteiger charge is -1.93. The lowest BCUT2D eigenvalue weighted by molar-refractivity contribution is 0.155. The normalized spacial score (nSPS) is 10.9. The zero-order valence-electron chi connectivity index (χ0n) is 9.54. The smallest absolute Gasteiger partial charge is 0.162 e. The van der Waals surface area contributed by atoms with Gasteiger partial charge in [0, 0.05) is 32.4 Å². The number of ether oxygens (including phenoxy) is 1. The molecule has 0 unspecified atom stereocenters. The first-order chi connectivity index (χ1) is 8.31. The van der Waals surface area contributed by atoms with Gasteiger partial charge in [0.2, 0.25) is 0 Å². The Hall–Kier alpha value is -1.73. The van der Waals surface area contributed by atoms with Crippen LogP contribution in [0.25, 0.3) is 0 Å². The molecule has 0 radical (unpaired) electrons. The van der Waals surface area contributed by atoms with Crippen LogP contribution in [-0.4, -0.2) is 39.0 Å². The Kier molecular flexibility index (Phi) is 3.84. The van der Waals surface area contributed by atoms with E-state index in [1.165, 1.54) is 0 Å². The molecule has 0 atom stereocenters. The van der Waals surface area contributed by atoms with Crippen LogP contribution in [0.4, 0.5) is 0 Å². The molecule has 0 aliphatic rings. The molecule has 2 rings (SSSR count). The summed E-state index contributed by atoms with van der Waals surface area (Å²) >= 11 is 0. The second-order valence-corrected chi connectivity index (χ2v) is 3.60. The average molecular weight is 238 g/mol. The number of hydrogen-bond donors (Lipinski definition) is 1. The van der Waals surface area contributed by atoms with Crippen LogP contribution in [0.15, 0.2) is 16.8 Å². The summed E-state index contributed by atoms with van der Waals surface area (Å²) in [4.78, 5) is 0. The topological polar surface area (TPSA) is 86.2 Å². The van der Waals surface area contributed by atoms with Crippen molar-refractivity contribution in [2.75, 3.05) is 13.7 Å². The van der Waals surface area contributed by atoms with E-state index in [0.29, 0.717) is 25.3 Å². The molecule has 0 amide bonds. The SMILES string of the molecule is COCc1cc(Cn2cc(CCO)nn2)no1. The Bertz CT molecular complexity index is 423. The average Bonchev–Trinajstić information content (AvgIpc) is 2.91. The van der Waals surface area contributed by atoms with E-state index in [4.69, 9.17) is 14.4 Å². The van der Waals surface area contributed by atoms with Crippen molar-refractivity contribution in [2.24, 2.45) is 0 Å². The van der Waals surface area contributed by atoms with Crippen LogP contribution >= 0.6 is 0 Å². The predicted octanol–water partition coefficient (Wildman–Crippen LogP) is -0.00440. The van der Waals surface area contributed by atoms with Crippen LogP contribution in [0.5, 0.6) is 0 Å². The van der Waals surface area contributed by atoms with Crippen molar-refractivity contribution in [2.45, 2.75) is 19.6 Å². The van der Waals surface area contributed by atoms with E-state index in [0.717, 1.165) is 11.4 Å². The van der Waals surface area contributed by atoms with E-state index in [1.807, 2.05) is 6.07 Å². The summed E-state index contributed by atoms with van der Waals surface area (Å²) in [6.45, 7) is 0.965. The third kappa shape index (κ3) is 3.11. The predicted molar refractivity (Wildman–Crippen MR) is 57.1 cm³/mol. The molecule has 17 heavy (non-hydrogen) atoms. The van der Waals surface area contributed by atoms with E-state index in [2.05, 4.69) is 15.5 Å². The van der Waals surface area contributed by atoms with Gasteiger partial charge < -0.3 is 14.4 Å². The van der Waals surface area contributed by atoms with Gasteiger partial charge in [-0.3, -0.25) is 0 Å². The monoisotopic (exact) mass is 238 g/mol. The van der Waals surface area contributed by atoms with Gasteiger partial charge >= 0.3 is 0 Å². The molecule has 2 aromatic rings. The highest BCUT2D eigenvalue weighted by atomic mass is 16.5.